The van der Waals surface area contributed by atoms with E-state index in [1.807, 2.05) is 6.92 Å². The summed E-state index contributed by atoms with van der Waals surface area (Å²) in [5.74, 6) is -2.33. The topological polar surface area (TPSA) is 98.5 Å². The highest BCUT2D eigenvalue weighted by atomic mass is 16.5. The number of hydrogen-bond donors (Lipinski definition) is 2. The highest BCUT2D eigenvalue weighted by molar-refractivity contribution is 6.37. The Morgan fingerprint density at radius 1 is 1.35 bits per heavy atom. The summed E-state index contributed by atoms with van der Waals surface area (Å²) in [5.41, 5.74) is 5.11. The monoisotopic (exact) mass is 244 g/mol. The normalized spacial score (nSPS) is 13.8. The molecule has 2 atom stereocenters. The average molecular weight is 244 g/mol. The molecule has 0 aromatic heterocycles. The van der Waals surface area contributed by atoms with E-state index in [1.54, 1.807) is 6.92 Å². The van der Waals surface area contributed by atoms with E-state index in [9.17, 15) is 14.4 Å². The van der Waals surface area contributed by atoms with Crippen LogP contribution in [0.2, 0.25) is 0 Å². The van der Waals surface area contributed by atoms with Crippen LogP contribution >= 0.6 is 0 Å². The lowest BCUT2D eigenvalue weighted by atomic mass is 10.0. The molecule has 0 aliphatic heterocycles. The molecule has 17 heavy (non-hydrogen) atoms. The maximum absolute atomic E-state index is 11.5. The summed E-state index contributed by atoms with van der Waals surface area (Å²) in [5, 5.41) is 2.32. The molecule has 6 heteroatoms. The van der Waals surface area contributed by atoms with Gasteiger partial charge in [0.15, 0.2) is 0 Å². The number of nitrogens with two attached hydrogens (primary N) is 1. The van der Waals surface area contributed by atoms with Crippen molar-refractivity contribution in [2.45, 2.75) is 32.7 Å². The van der Waals surface area contributed by atoms with Gasteiger partial charge in [0.2, 0.25) is 11.7 Å². The molecule has 0 aliphatic carbocycles. The third-order valence-electron chi connectivity index (χ3n) is 2.54. The minimum atomic E-state index is -0.865. The smallest absolute Gasteiger partial charge is 0.288 e. The van der Waals surface area contributed by atoms with E-state index < -0.39 is 23.6 Å². The quantitative estimate of drug-likeness (QED) is 0.568. The largest absolute Gasteiger partial charge is 0.385 e. The number of rotatable bonds is 8. The van der Waals surface area contributed by atoms with Crippen LogP contribution in [0.15, 0.2) is 0 Å². The first kappa shape index (κ1) is 15.6. The van der Waals surface area contributed by atoms with Crippen molar-refractivity contribution < 1.29 is 19.1 Å². The van der Waals surface area contributed by atoms with Crippen molar-refractivity contribution in [1.29, 1.82) is 0 Å². The zero-order valence-corrected chi connectivity index (χ0v) is 10.5. The molecule has 0 aromatic carbocycles. The fourth-order valence-corrected chi connectivity index (χ4v) is 1.16. The van der Waals surface area contributed by atoms with Crippen LogP contribution in [0.5, 0.6) is 0 Å². The lowest BCUT2D eigenvalue weighted by Crippen LogP contribution is -2.48. The van der Waals surface area contributed by atoms with Gasteiger partial charge in [-0.25, -0.2) is 0 Å². The molecule has 0 aliphatic rings. The van der Waals surface area contributed by atoms with Gasteiger partial charge in [0.1, 0.15) is 6.04 Å². The number of ether oxygens (including phenoxy) is 1. The molecular weight excluding hydrogens is 224 g/mol. The number of hydrogen-bond acceptors (Lipinski definition) is 4. The molecule has 0 bridgehead atoms. The van der Waals surface area contributed by atoms with Crippen LogP contribution in [0.3, 0.4) is 0 Å². The number of carbonyl (C=O) groups is 3. The first-order valence-corrected chi connectivity index (χ1v) is 5.56. The predicted molar refractivity (Wildman–Crippen MR) is 62.1 cm³/mol. The summed E-state index contributed by atoms with van der Waals surface area (Å²) in [7, 11) is 1.48. The number of Topliss-reactive ketones (excluding diaryl/α,β-unsaturated/α-hetero) is 1. The Bertz CT molecular complexity index is 291. The number of amides is 2. The predicted octanol–water partition coefficient (Wildman–Crippen LogP) is -0.392. The molecule has 3 N–H and O–H groups in total. The third kappa shape index (κ3) is 5.44. The minimum absolute atomic E-state index is 0.255. The third-order valence-corrected chi connectivity index (χ3v) is 2.54. The van der Waals surface area contributed by atoms with Gasteiger partial charge in [-0.2, -0.15) is 0 Å². The molecule has 0 fully saturated rings. The van der Waals surface area contributed by atoms with E-state index in [4.69, 9.17) is 10.5 Å². The van der Waals surface area contributed by atoms with Crippen LogP contribution in [-0.4, -0.2) is 37.4 Å². The van der Waals surface area contributed by atoms with Crippen molar-refractivity contribution in [2.75, 3.05) is 13.7 Å². The molecule has 0 heterocycles. The summed E-state index contributed by atoms with van der Waals surface area (Å²) in [6.45, 7) is 3.76. The van der Waals surface area contributed by atoms with Gasteiger partial charge in [0, 0.05) is 19.6 Å². The molecule has 2 amide bonds. The second-order valence-corrected chi connectivity index (χ2v) is 3.88. The van der Waals surface area contributed by atoms with Crippen LogP contribution in [0, 0.1) is 5.92 Å². The van der Waals surface area contributed by atoms with Crippen molar-refractivity contribution in [2.24, 2.45) is 11.7 Å². The Morgan fingerprint density at radius 2 is 1.94 bits per heavy atom. The Hall–Kier alpha value is -1.43. The molecule has 0 saturated heterocycles. The number of ketones is 1. The van der Waals surface area contributed by atoms with E-state index in [-0.39, 0.29) is 18.9 Å². The molecule has 6 nitrogen and oxygen atoms in total. The highest BCUT2D eigenvalue weighted by Gasteiger charge is 2.24. The summed E-state index contributed by atoms with van der Waals surface area (Å²) in [6, 6.07) is -0.865. The van der Waals surface area contributed by atoms with Gasteiger partial charge in [0.05, 0.1) is 0 Å². The van der Waals surface area contributed by atoms with Crippen LogP contribution in [0.4, 0.5) is 0 Å². The average Bonchev–Trinajstić information content (AvgIpc) is 2.31. The second kappa shape index (κ2) is 7.78. The maximum Gasteiger partial charge on any atom is 0.288 e. The Kier molecular flexibility index (Phi) is 7.13. The summed E-state index contributed by atoms with van der Waals surface area (Å²) in [4.78, 5) is 34.1. The molecule has 2 unspecified atom stereocenters. The molecule has 0 rings (SSSR count). The fourth-order valence-electron chi connectivity index (χ4n) is 1.16. The summed E-state index contributed by atoms with van der Waals surface area (Å²) in [6.07, 6.45) is 0.830. The van der Waals surface area contributed by atoms with E-state index in [0.29, 0.717) is 6.42 Å². The first-order chi connectivity index (χ1) is 7.93. The van der Waals surface area contributed by atoms with Crippen LogP contribution in [-0.2, 0) is 19.1 Å². The lowest BCUT2D eigenvalue weighted by molar-refractivity contribution is -0.141. The van der Waals surface area contributed by atoms with Gasteiger partial charge in [-0.3, -0.25) is 14.4 Å². The number of methoxy groups -OCH3 is 1. The second-order valence-electron chi connectivity index (χ2n) is 3.88. The van der Waals surface area contributed by atoms with E-state index in [0.717, 1.165) is 0 Å². The van der Waals surface area contributed by atoms with Crippen molar-refractivity contribution in [3.63, 3.8) is 0 Å². The van der Waals surface area contributed by atoms with Gasteiger partial charge < -0.3 is 15.8 Å². The zero-order chi connectivity index (χ0) is 13.4. The highest BCUT2D eigenvalue weighted by Crippen LogP contribution is 2.03. The molecule has 0 spiro atoms. The zero-order valence-electron chi connectivity index (χ0n) is 10.5. The Morgan fingerprint density at radius 3 is 2.35 bits per heavy atom. The van der Waals surface area contributed by atoms with Gasteiger partial charge in [-0.15, -0.1) is 0 Å². The SMILES string of the molecule is CCC(C)C(=O)C(=O)NC(CCOC)C(N)=O. The fraction of sp³-hybridized carbons (Fsp3) is 0.727. The Labute approximate surface area is 101 Å². The van der Waals surface area contributed by atoms with E-state index >= 15 is 0 Å². The summed E-state index contributed by atoms with van der Waals surface area (Å²) >= 11 is 0. The number of nitrogens with one attached hydrogen (secondary N) is 1. The van der Waals surface area contributed by atoms with Gasteiger partial charge in [-0.1, -0.05) is 13.8 Å². The number of carbonyl (C=O) groups excluding carboxylic acids is 3. The van der Waals surface area contributed by atoms with Crippen molar-refractivity contribution in [3.05, 3.63) is 0 Å². The summed E-state index contributed by atoms with van der Waals surface area (Å²) < 4.78 is 4.79. The van der Waals surface area contributed by atoms with Crippen LogP contribution in [0.1, 0.15) is 26.7 Å². The standard InChI is InChI=1S/C11H20N2O4/c1-4-7(2)9(14)11(16)13-8(10(12)15)5-6-17-3/h7-8H,4-6H2,1-3H3,(H2,12,15)(H,13,16). The van der Waals surface area contributed by atoms with Crippen molar-refractivity contribution >= 4 is 17.6 Å². The van der Waals surface area contributed by atoms with E-state index in [1.165, 1.54) is 7.11 Å². The van der Waals surface area contributed by atoms with E-state index in [2.05, 4.69) is 5.32 Å². The van der Waals surface area contributed by atoms with Crippen LogP contribution in [0.25, 0.3) is 0 Å². The Balaban J connectivity index is 4.40. The minimum Gasteiger partial charge on any atom is -0.385 e. The van der Waals surface area contributed by atoms with Crippen LogP contribution < -0.4 is 11.1 Å². The molecule has 0 radical (unpaired) electrons. The first-order valence-electron chi connectivity index (χ1n) is 5.56. The lowest BCUT2D eigenvalue weighted by Gasteiger charge is -2.15. The van der Waals surface area contributed by atoms with Gasteiger partial charge in [-0.05, 0) is 12.8 Å². The number of primary amides is 1. The van der Waals surface area contributed by atoms with Gasteiger partial charge in [0.25, 0.3) is 5.91 Å². The van der Waals surface area contributed by atoms with Crippen molar-refractivity contribution in [3.8, 4) is 0 Å². The molecule has 98 valence electrons. The molecule has 0 aromatic rings. The van der Waals surface area contributed by atoms with Gasteiger partial charge >= 0.3 is 0 Å². The van der Waals surface area contributed by atoms with Crippen molar-refractivity contribution in [1.82, 2.24) is 5.32 Å². The maximum atomic E-state index is 11.5. The molecule has 0 saturated carbocycles. The molecular formula is C11H20N2O4.